The van der Waals surface area contributed by atoms with Gasteiger partial charge < -0.3 is 9.80 Å². The van der Waals surface area contributed by atoms with Crippen LogP contribution in [0, 0.1) is 5.92 Å². The molecule has 0 aromatic carbocycles. The lowest BCUT2D eigenvalue weighted by Crippen LogP contribution is -2.52. The molecular formula is C15H21FN2O2. The molecule has 2 atom stereocenters. The highest BCUT2D eigenvalue weighted by Gasteiger charge is 2.54. The lowest BCUT2D eigenvalue weighted by atomic mass is 9.80. The minimum atomic E-state index is -1.62. The summed E-state index contributed by atoms with van der Waals surface area (Å²) >= 11 is 0. The van der Waals surface area contributed by atoms with Crippen molar-refractivity contribution >= 4 is 11.8 Å². The van der Waals surface area contributed by atoms with E-state index in [0.29, 0.717) is 31.7 Å². The van der Waals surface area contributed by atoms with Gasteiger partial charge >= 0.3 is 0 Å². The number of carbonyl (C=O) groups excluding carboxylic acids is 2. The Labute approximate surface area is 118 Å². The number of halogens is 1. The third kappa shape index (κ3) is 1.78. The average Bonchev–Trinajstić information content (AvgIpc) is 3.04. The first kappa shape index (κ1) is 12.6. The van der Waals surface area contributed by atoms with Crippen LogP contribution in [0.1, 0.15) is 44.9 Å². The third-order valence-electron chi connectivity index (χ3n) is 5.56. The fourth-order valence-corrected chi connectivity index (χ4v) is 3.95. The van der Waals surface area contributed by atoms with Crippen LogP contribution in [0.4, 0.5) is 4.39 Å². The summed E-state index contributed by atoms with van der Waals surface area (Å²) in [6, 6.07) is 0.0812. The minimum Gasteiger partial charge on any atom is -0.337 e. The molecule has 0 aromatic heterocycles. The van der Waals surface area contributed by atoms with E-state index in [0.717, 1.165) is 19.4 Å². The Balaban J connectivity index is 1.49. The van der Waals surface area contributed by atoms with E-state index in [1.54, 1.807) is 4.90 Å². The van der Waals surface area contributed by atoms with Gasteiger partial charge in [0.25, 0.3) is 5.91 Å². The van der Waals surface area contributed by atoms with Crippen molar-refractivity contribution in [2.24, 2.45) is 5.92 Å². The summed E-state index contributed by atoms with van der Waals surface area (Å²) < 4.78 is 14.3. The Hall–Kier alpha value is -1.13. The van der Waals surface area contributed by atoms with Gasteiger partial charge in [0.05, 0.1) is 12.1 Å². The van der Waals surface area contributed by atoms with Gasteiger partial charge in [0.15, 0.2) is 5.67 Å². The highest BCUT2D eigenvalue weighted by Crippen LogP contribution is 2.42. The molecule has 0 spiro atoms. The summed E-state index contributed by atoms with van der Waals surface area (Å²) in [5.74, 6) is 0.477. The molecule has 0 radical (unpaired) electrons. The molecule has 20 heavy (non-hydrogen) atoms. The van der Waals surface area contributed by atoms with Gasteiger partial charge in [0.1, 0.15) is 0 Å². The molecule has 2 heterocycles. The van der Waals surface area contributed by atoms with E-state index in [2.05, 4.69) is 0 Å². The van der Waals surface area contributed by atoms with Gasteiger partial charge in [0.2, 0.25) is 5.91 Å². The van der Waals surface area contributed by atoms with E-state index >= 15 is 0 Å². The Bertz CT molecular complexity index is 459. The van der Waals surface area contributed by atoms with Crippen LogP contribution in [0.5, 0.6) is 0 Å². The molecule has 2 amide bonds. The molecule has 0 bridgehead atoms. The van der Waals surface area contributed by atoms with E-state index in [4.69, 9.17) is 0 Å². The summed E-state index contributed by atoms with van der Waals surface area (Å²) in [5, 5.41) is 0. The fraction of sp³-hybridized carbons (Fsp3) is 0.867. The van der Waals surface area contributed by atoms with Gasteiger partial charge in [-0.3, -0.25) is 9.59 Å². The second-order valence-electron chi connectivity index (χ2n) is 6.93. The molecule has 4 aliphatic rings. The van der Waals surface area contributed by atoms with E-state index in [9.17, 15) is 14.0 Å². The molecule has 2 aliphatic carbocycles. The monoisotopic (exact) mass is 280 g/mol. The summed E-state index contributed by atoms with van der Waals surface area (Å²) in [6.45, 7) is 1.47. The highest BCUT2D eigenvalue weighted by molar-refractivity contribution is 5.89. The molecule has 2 saturated heterocycles. The number of amides is 2. The first-order chi connectivity index (χ1) is 9.58. The van der Waals surface area contributed by atoms with Crippen LogP contribution in [0.3, 0.4) is 0 Å². The number of carbonyl (C=O) groups is 2. The molecule has 0 N–H and O–H groups in total. The number of hydrogen-bond acceptors (Lipinski definition) is 2. The van der Waals surface area contributed by atoms with Crippen molar-refractivity contribution < 1.29 is 14.0 Å². The molecule has 0 aromatic rings. The molecule has 5 heteroatoms. The first-order valence-corrected chi connectivity index (χ1v) is 7.88. The van der Waals surface area contributed by atoms with Crippen molar-refractivity contribution in [2.75, 3.05) is 13.1 Å². The average molecular weight is 280 g/mol. The lowest BCUT2D eigenvalue weighted by molar-refractivity contribution is -0.150. The number of hydrogen-bond donors (Lipinski definition) is 0. The summed E-state index contributed by atoms with van der Waals surface area (Å²) in [4.78, 5) is 28.2. The molecule has 2 saturated carbocycles. The predicted octanol–water partition coefficient (Wildman–Crippen LogP) is 1.49. The second-order valence-corrected chi connectivity index (χ2v) is 6.93. The summed E-state index contributed by atoms with van der Waals surface area (Å²) in [6.07, 6.45) is 5.19. The summed E-state index contributed by atoms with van der Waals surface area (Å²) in [7, 11) is 0. The Morgan fingerprint density at radius 3 is 2.60 bits per heavy atom. The molecular weight excluding hydrogens is 259 g/mol. The Morgan fingerprint density at radius 2 is 2.00 bits per heavy atom. The maximum absolute atomic E-state index is 14.3. The van der Waals surface area contributed by atoms with Crippen LogP contribution in [0.15, 0.2) is 0 Å². The normalized spacial score (nSPS) is 35.1. The van der Waals surface area contributed by atoms with Crippen LogP contribution < -0.4 is 0 Å². The molecule has 4 rings (SSSR count). The summed E-state index contributed by atoms with van der Waals surface area (Å²) in [5.41, 5.74) is -1.62. The van der Waals surface area contributed by atoms with E-state index < -0.39 is 5.67 Å². The van der Waals surface area contributed by atoms with E-state index in [1.165, 1.54) is 12.8 Å². The molecule has 4 fully saturated rings. The molecule has 2 aliphatic heterocycles. The van der Waals surface area contributed by atoms with Crippen molar-refractivity contribution in [3.63, 3.8) is 0 Å². The minimum absolute atomic E-state index is 0.0676. The smallest absolute Gasteiger partial charge is 0.260 e. The van der Waals surface area contributed by atoms with Gasteiger partial charge in [-0.2, -0.15) is 0 Å². The molecule has 0 unspecified atom stereocenters. The number of alkyl halides is 1. The largest absolute Gasteiger partial charge is 0.337 e. The zero-order valence-corrected chi connectivity index (χ0v) is 11.7. The first-order valence-electron chi connectivity index (χ1n) is 7.88. The van der Waals surface area contributed by atoms with Crippen LogP contribution in [-0.2, 0) is 9.59 Å². The SMILES string of the molecule is O=C1C[C@@H]2[C@@H](CCN2C(=O)C2(F)CCC2)N1CC1CC1. The maximum atomic E-state index is 14.3. The number of rotatable bonds is 3. The van der Waals surface area contributed by atoms with Crippen LogP contribution in [0.25, 0.3) is 0 Å². The van der Waals surface area contributed by atoms with Crippen molar-refractivity contribution in [3.8, 4) is 0 Å². The zero-order valence-electron chi connectivity index (χ0n) is 11.7. The van der Waals surface area contributed by atoms with Gasteiger partial charge in [0, 0.05) is 19.5 Å². The van der Waals surface area contributed by atoms with Crippen LogP contribution in [-0.4, -0.2) is 52.5 Å². The molecule has 110 valence electrons. The van der Waals surface area contributed by atoms with Gasteiger partial charge in [-0.15, -0.1) is 0 Å². The topological polar surface area (TPSA) is 40.6 Å². The maximum Gasteiger partial charge on any atom is 0.260 e. The second kappa shape index (κ2) is 4.18. The number of fused-ring (bicyclic) bond motifs is 1. The molecule has 4 nitrogen and oxygen atoms in total. The zero-order chi connectivity index (χ0) is 13.9. The van der Waals surface area contributed by atoms with Gasteiger partial charge in [-0.1, -0.05) is 0 Å². The highest BCUT2D eigenvalue weighted by atomic mass is 19.1. The quantitative estimate of drug-likeness (QED) is 0.786. The lowest BCUT2D eigenvalue weighted by Gasteiger charge is -2.37. The number of nitrogens with zero attached hydrogens (tertiary/aromatic N) is 2. The van der Waals surface area contributed by atoms with Crippen molar-refractivity contribution in [2.45, 2.75) is 62.7 Å². The van der Waals surface area contributed by atoms with E-state index in [-0.39, 0.29) is 23.9 Å². The van der Waals surface area contributed by atoms with Crippen molar-refractivity contribution in [1.29, 1.82) is 0 Å². The number of likely N-dealkylation sites (tertiary alicyclic amines) is 2. The standard InChI is InChI=1S/C15H21FN2O2/c16-15(5-1-6-15)14(20)17-7-4-11-12(17)8-13(19)18(11)9-10-2-3-10/h10-12H,1-9H2/t11-,12-/m1/s1. The van der Waals surface area contributed by atoms with E-state index in [1.807, 2.05) is 4.90 Å². The van der Waals surface area contributed by atoms with Crippen molar-refractivity contribution in [3.05, 3.63) is 0 Å². The predicted molar refractivity (Wildman–Crippen MR) is 70.7 cm³/mol. The van der Waals surface area contributed by atoms with Crippen molar-refractivity contribution in [1.82, 2.24) is 9.80 Å². The fourth-order valence-electron chi connectivity index (χ4n) is 3.95. The van der Waals surface area contributed by atoms with Crippen LogP contribution in [0.2, 0.25) is 0 Å². The van der Waals surface area contributed by atoms with Gasteiger partial charge in [-0.05, 0) is 44.4 Å². The Morgan fingerprint density at radius 1 is 1.25 bits per heavy atom. The van der Waals surface area contributed by atoms with Gasteiger partial charge in [-0.25, -0.2) is 4.39 Å². The Kier molecular flexibility index (Phi) is 2.63. The third-order valence-corrected chi connectivity index (χ3v) is 5.56. The van der Waals surface area contributed by atoms with Crippen LogP contribution >= 0.6 is 0 Å².